The van der Waals surface area contributed by atoms with Gasteiger partial charge in [-0.05, 0) is 42.7 Å². The van der Waals surface area contributed by atoms with E-state index >= 15 is 0 Å². The minimum absolute atomic E-state index is 0.0155. The van der Waals surface area contributed by atoms with Crippen LogP contribution in [0, 0.1) is 17.8 Å². The van der Waals surface area contributed by atoms with E-state index in [1.165, 1.54) is 12.8 Å². The molecule has 0 spiro atoms. The first kappa shape index (κ1) is 19.1. The molecule has 6 nitrogen and oxygen atoms in total. The van der Waals surface area contributed by atoms with Gasteiger partial charge >= 0.3 is 0 Å². The van der Waals surface area contributed by atoms with Crippen LogP contribution in [0.2, 0.25) is 0 Å². The van der Waals surface area contributed by atoms with Crippen molar-refractivity contribution in [3.8, 4) is 17.2 Å². The van der Waals surface area contributed by atoms with Crippen molar-refractivity contribution in [2.45, 2.75) is 12.8 Å². The Bertz CT molecular complexity index is 730. The molecule has 0 N–H and O–H groups in total. The molecule has 152 valence electrons. The highest BCUT2D eigenvalue weighted by molar-refractivity contribution is 5.95. The normalized spacial score (nSPS) is 26.5. The van der Waals surface area contributed by atoms with Crippen molar-refractivity contribution in [1.82, 2.24) is 9.80 Å². The molecule has 2 bridgehead atoms. The van der Waals surface area contributed by atoms with Crippen LogP contribution in [0.3, 0.4) is 0 Å². The fraction of sp³-hybridized carbons (Fsp3) is 0.591. The maximum Gasteiger partial charge on any atom is 0.254 e. The van der Waals surface area contributed by atoms with Crippen LogP contribution >= 0.6 is 0 Å². The molecule has 3 atom stereocenters. The summed E-state index contributed by atoms with van der Waals surface area (Å²) in [7, 11) is 4.69. The number of piperazine rings is 1. The summed E-state index contributed by atoms with van der Waals surface area (Å²) in [5, 5.41) is 0. The molecule has 1 saturated heterocycles. The molecule has 1 saturated carbocycles. The van der Waals surface area contributed by atoms with Crippen molar-refractivity contribution in [3.05, 3.63) is 29.8 Å². The second kappa shape index (κ2) is 8.03. The molecule has 1 aromatic rings. The number of ether oxygens (including phenoxy) is 3. The molecule has 4 rings (SSSR count). The number of hydrogen-bond donors (Lipinski definition) is 0. The first-order chi connectivity index (χ1) is 13.6. The molecular weight excluding hydrogens is 356 g/mol. The molecule has 0 radical (unpaired) electrons. The number of fused-ring (bicyclic) bond motifs is 2. The van der Waals surface area contributed by atoms with Crippen molar-refractivity contribution in [2.24, 2.45) is 17.8 Å². The molecule has 2 aliphatic carbocycles. The van der Waals surface area contributed by atoms with E-state index in [1.54, 1.807) is 33.5 Å². The van der Waals surface area contributed by atoms with Crippen LogP contribution in [0.5, 0.6) is 17.2 Å². The van der Waals surface area contributed by atoms with Gasteiger partial charge in [-0.25, -0.2) is 0 Å². The lowest BCUT2D eigenvalue weighted by molar-refractivity contribution is 0.0609. The molecule has 0 unspecified atom stereocenters. The predicted octanol–water partition coefficient (Wildman–Crippen LogP) is 2.68. The molecule has 1 aliphatic heterocycles. The number of carbonyl (C=O) groups excluding carboxylic acids is 1. The highest BCUT2D eigenvalue weighted by Crippen LogP contribution is 2.43. The average molecular weight is 386 g/mol. The number of rotatable bonds is 6. The summed E-state index contributed by atoms with van der Waals surface area (Å²) in [5.41, 5.74) is 0.571. The van der Waals surface area contributed by atoms with Gasteiger partial charge < -0.3 is 19.1 Å². The van der Waals surface area contributed by atoms with Crippen LogP contribution < -0.4 is 14.2 Å². The number of amides is 1. The molecule has 3 aliphatic rings. The summed E-state index contributed by atoms with van der Waals surface area (Å²) in [5.74, 6) is 3.93. The Kier molecular flexibility index (Phi) is 5.49. The first-order valence-electron chi connectivity index (χ1n) is 10.1. The van der Waals surface area contributed by atoms with Crippen molar-refractivity contribution in [3.63, 3.8) is 0 Å². The second-order valence-corrected chi connectivity index (χ2v) is 8.05. The van der Waals surface area contributed by atoms with Gasteiger partial charge in [-0.15, -0.1) is 0 Å². The average Bonchev–Trinajstić information content (AvgIpc) is 3.36. The lowest BCUT2D eigenvalue weighted by Crippen LogP contribution is -2.50. The maximum atomic E-state index is 13.0. The Balaban J connectivity index is 1.38. The molecule has 1 amide bonds. The maximum absolute atomic E-state index is 13.0. The number of carbonyl (C=O) groups is 1. The van der Waals surface area contributed by atoms with Crippen molar-refractivity contribution in [2.75, 3.05) is 54.1 Å². The van der Waals surface area contributed by atoms with E-state index in [2.05, 4.69) is 17.1 Å². The quantitative estimate of drug-likeness (QED) is 0.704. The van der Waals surface area contributed by atoms with Crippen LogP contribution in [0.25, 0.3) is 0 Å². The summed E-state index contributed by atoms with van der Waals surface area (Å²) < 4.78 is 16.1. The first-order valence-corrected chi connectivity index (χ1v) is 10.1. The zero-order valence-corrected chi connectivity index (χ0v) is 17.0. The Labute approximate surface area is 167 Å². The van der Waals surface area contributed by atoms with E-state index in [-0.39, 0.29) is 5.91 Å². The van der Waals surface area contributed by atoms with Gasteiger partial charge in [0.05, 0.1) is 21.3 Å². The lowest BCUT2D eigenvalue weighted by atomic mass is 9.93. The molecule has 2 fully saturated rings. The van der Waals surface area contributed by atoms with Crippen molar-refractivity contribution in [1.29, 1.82) is 0 Å². The van der Waals surface area contributed by atoms with Gasteiger partial charge in [0.2, 0.25) is 5.75 Å². The van der Waals surface area contributed by atoms with E-state index in [9.17, 15) is 4.79 Å². The minimum atomic E-state index is 0.0155. The number of benzene rings is 1. The van der Waals surface area contributed by atoms with Gasteiger partial charge in [0, 0.05) is 38.3 Å². The highest BCUT2D eigenvalue weighted by atomic mass is 16.5. The summed E-state index contributed by atoms with van der Waals surface area (Å²) in [4.78, 5) is 17.5. The summed E-state index contributed by atoms with van der Waals surface area (Å²) in [6, 6.07) is 3.47. The summed E-state index contributed by atoms with van der Waals surface area (Å²) >= 11 is 0. The zero-order valence-electron chi connectivity index (χ0n) is 17.0. The van der Waals surface area contributed by atoms with Crippen LogP contribution in [0.4, 0.5) is 0 Å². The predicted molar refractivity (Wildman–Crippen MR) is 107 cm³/mol. The van der Waals surface area contributed by atoms with Gasteiger partial charge in [0.15, 0.2) is 11.5 Å². The highest BCUT2D eigenvalue weighted by Gasteiger charge is 2.37. The van der Waals surface area contributed by atoms with Crippen LogP contribution in [-0.2, 0) is 0 Å². The van der Waals surface area contributed by atoms with Gasteiger partial charge in [-0.3, -0.25) is 9.69 Å². The van der Waals surface area contributed by atoms with Crippen LogP contribution in [0.15, 0.2) is 24.3 Å². The monoisotopic (exact) mass is 386 g/mol. The van der Waals surface area contributed by atoms with E-state index in [1.807, 2.05) is 4.90 Å². The molecule has 1 aromatic carbocycles. The molecule has 28 heavy (non-hydrogen) atoms. The Morgan fingerprint density at radius 1 is 0.964 bits per heavy atom. The third kappa shape index (κ3) is 3.58. The molecule has 1 heterocycles. The third-order valence-electron chi connectivity index (χ3n) is 6.48. The van der Waals surface area contributed by atoms with Gasteiger partial charge in [0.25, 0.3) is 5.91 Å². The number of nitrogens with zero attached hydrogens (tertiary/aromatic N) is 2. The number of methoxy groups -OCH3 is 3. The SMILES string of the molecule is COc1cc(C(=O)N2CCN(C[C@H]3C[C@H]4C=C[C@H]3C4)CC2)cc(OC)c1OC. The Hall–Kier alpha value is -2.21. The van der Waals surface area contributed by atoms with E-state index in [0.717, 1.165) is 50.5 Å². The standard InChI is InChI=1S/C22H30N2O4/c1-26-19-12-17(13-20(27-2)21(19)28-3)22(25)24-8-6-23(7-9-24)14-18-11-15-4-5-16(18)10-15/h4-5,12-13,15-16,18H,6-11,14H2,1-3H3/t15-,16-,18+/m0/s1. The van der Waals surface area contributed by atoms with Crippen molar-refractivity contribution < 1.29 is 19.0 Å². The zero-order chi connectivity index (χ0) is 19.7. The van der Waals surface area contributed by atoms with E-state index < -0.39 is 0 Å². The topological polar surface area (TPSA) is 51.2 Å². The Morgan fingerprint density at radius 3 is 2.14 bits per heavy atom. The summed E-state index contributed by atoms with van der Waals surface area (Å²) in [6.07, 6.45) is 7.51. The molecule has 0 aromatic heterocycles. The lowest BCUT2D eigenvalue weighted by Gasteiger charge is -2.37. The third-order valence-corrected chi connectivity index (χ3v) is 6.48. The van der Waals surface area contributed by atoms with Gasteiger partial charge in [-0.1, -0.05) is 12.2 Å². The van der Waals surface area contributed by atoms with Gasteiger partial charge in [0.1, 0.15) is 0 Å². The molecular formula is C22H30N2O4. The van der Waals surface area contributed by atoms with Crippen LogP contribution in [-0.4, -0.2) is 69.8 Å². The van der Waals surface area contributed by atoms with E-state index in [4.69, 9.17) is 14.2 Å². The summed E-state index contributed by atoms with van der Waals surface area (Å²) in [6.45, 7) is 4.55. The smallest absolute Gasteiger partial charge is 0.254 e. The van der Waals surface area contributed by atoms with Gasteiger partial charge in [-0.2, -0.15) is 0 Å². The molecule has 6 heteroatoms. The minimum Gasteiger partial charge on any atom is -0.493 e. The van der Waals surface area contributed by atoms with Crippen LogP contribution in [0.1, 0.15) is 23.2 Å². The largest absolute Gasteiger partial charge is 0.493 e. The second-order valence-electron chi connectivity index (χ2n) is 8.05. The fourth-order valence-corrected chi connectivity index (χ4v) is 4.96. The fourth-order valence-electron chi connectivity index (χ4n) is 4.96. The van der Waals surface area contributed by atoms with Crippen molar-refractivity contribution >= 4 is 5.91 Å². The number of hydrogen-bond acceptors (Lipinski definition) is 5. The number of allylic oxidation sites excluding steroid dienone is 2. The Morgan fingerprint density at radius 2 is 1.64 bits per heavy atom. The van der Waals surface area contributed by atoms with E-state index in [0.29, 0.717) is 22.8 Å².